The first-order valence-corrected chi connectivity index (χ1v) is 6.95. The van der Waals surface area contributed by atoms with Gasteiger partial charge in [0.1, 0.15) is 0 Å². The molecule has 1 aliphatic carbocycles. The molecular formula is C14H16F3NO4. The van der Waals surface area contributed by atoms with Crippen molar-refractivity contribution >= 4 is 17.7 Å². The van der Waals surface area contributed by atoms with Gasteiger partial charge in [-0.25, -0.2) is 0 Å². The molecule has 0 aromatic heterocycles. The summed E-state index contributed by atoms with van der Waals surface area (Å²) in [7, 11) is 0. The minimum absolute atomic E-state index is 0.0601. The molecular weight excluding hydrogens is 303 g/mol. The van der Waals surface area contributed by atoms with Gasteiger partial charge in [0.15, 0.2) is 6.10 Å². The van der Waals surface area contributed by atoms with Crippen molar-refractivity contribution in [2.45, 2.75) is 45.4 Å². The van der Waals surface area contributed by atoms with Crippen LogP contribution < -0.4 is 0 Å². The van der Waals surface area contributed by atoms with Crippen LogP contribution in [0.15, 0.2) is 11.3 Å². The second-order valence-corrected chi connectivity index (χ2v) is 5.56. The van der Waals surface area contributed by atoms with Gasteiger partial charge >= 0.3 is 18.1 Å². The van der Waals surface area contributed by atoms with E-state index in [1.54, 1.807) is 6.92 Å². The van der Waals surface area contributed by atoms with Crippen molar-refractivity contribution in [3.8, 4) is 0 Å². The number of nitrogens with zero attached hydrogens (tertiary/aromatic N) is 1. The monoisotopic (exact) mass is 319 g/mol. The molecule has 0 N–H and O–H groups in total. The van der Waals surface area contributed by atoms with Gasteiger partial charge in [-0.05, 0) is 19.3 Å². The van der Waals surface area contributed by atoms with Crippen LogP contribution in [0.25, 0.3) is 0 Å². The number of allylic oxidation sites excluding steroid dienone is 1. The molecule has 0 aromatic rings. The molecule has 0 fully saturated rings. The van der Waals surface area contributed by atoms with Crippen molar-refractivity contribution in [2.75, 3.05) is 6.54 Å². The first kappa shape index (κ1) is 16.5. The molecule has 8 heteroatoms. The minimum Gasteiger partial charge on any atom is -0.454 e. The number of hydrogen-bond acceptors (Lipinski definition) is 4. The maximum atomic E-state index is 12.7. The number of halogens is 3. The molecule has 2 rings (SSSR count). The van der Waals surface area contributed by atoms with Gasteiger partial charge in [-0.2, -0.15) is 13.2 Å². The lowest BCUT2D eigenvalue weighted by atomic mass is 9.80. The van der Waals surface area contributed by atoms with Crippen molar-refractivity contribution in [3.63, 3.8) is 0 Å². The van der Waals surface area contributed by atoms with Gasteiger partial charge in [-0.15, -0.1) is 0 Å². The van der Waals surface area contributed by atoms with E-state index >= 15 is 0 Å². The molecule has 0 radical (unpaired) electrons. The lowest BCUT2D eigenvalue weighted by Gasteiger charge is -2.38. The van der Waals surface area contributed by atoms with E-state index in [0.29, 0.717) is 11.3 Å². The molecule has 0 saturated heterocycles. The zero-order valence-electron chi connectivity index (χ0n) is 12.2. The maximum absolute atomic E-state index is 12.7. The predicted molar refractivity (Wildman–Crippen MR) is 68.4 cm³/mol. The minimum atomic E-state index is -4.98. The van der Waals surface area contributed by atoms with Crippen molar-refractivity contribution in [1.82, 2.24) is 4.90 Å². The summed E-state index contributed by atoms with van der Waals surface area (Å²) in [5.74, 6) is -3.54. The van der Waals surface area contributed by atoms with Crippen LogP contribution >= 0.6 is 0 Å². The number of rotatable bonds is 1. The lowest BCUT2D eigenvalue weighted by Crippen LogP contribution is -2.48. The van der Waals surface area contributed by atoms with Crippen LogP contribution in [-0.4, -0.2) is 41.4 Å². The maximum Gasteiger partial charge on any atom is 0.471 e. The van der Waals surface area contributed by atoms with Crippen molar-refractivity contribution in [2.24, 2.45) is 5.92 Å². The summed E-state index contributed by atoms with van der Waals surface area (Å²) in [5, 5.41) is 0. The highest BCUT2D eigenvalue weighted by Gasteiger charge is 2.47. The third-order valence-electron chi connectivity index (χ3n) is 3.85. The summed E-state index contributed by atoms with van der Waals surface area (Å²) in [6.07, 6.45) is -5.31. The Morgan fingerprint density at radius 1 is 1.32 bits per heavy atom. The van der Waals surface area contributed by atoms with Gasteiger partial charge in [0, 0.05) is 30.7 Å². The number of Topliss-reactive ketones (excluding diaryl/α,β-unsaturated/α-hetero) is 1. The number of carbonyl (C=O) groups is 3. The summed E-state index contributed by atoms with van der Waals surface area (Å²) in [4.78, 5) is 35.6. The van der Waals surface area contributed by atoms with Gasteiger partial charge in [0.25, 0.3) is 0 Å². The van der Waals surface area contributed by atoms with Gasteiger partial charge in [0.05, 0.1) is 0 Å². The van der Waals surface area contributed by atoms with E-state index in [4.69, 9.17) is 4.74 Å². The Morgan fingerprint density at radius 3 is 2.50 bits per heavy atom. The van der Waals surface area contributed by atoms with E-state index in [1.807, 2.05) is 0 Å². The average Bonchev–Trinajstić information content (AvgIpc) is 2.41. The number of ether oxygens (including phenoxy) is 1. The third-order valence-corrected chi connectivity index (χ3v) is 3.85. The second kappa shape index (κ2) is 5.73. The van der Waals surface area contributed by atoms with E-state index in [0.717, 1.165) is 0 Å². The van der Waals surface area contributed by atoms with Crippen LogP contribution in [0, 0.1) is 5.92 Å². The summed E-state index contributed by atoms with van der Waals surface area (Å²) in [6, 6.07) is 0. The molecule has 0 spiro atoms. The fraction of sp³-hybridized carbons (Fsp3) is 0.643. The fourth-order valence-corrected chi connectivity index (χ4v) is 2.92. The quantitative estimate of drug-likeness (QED) is 0.693. The Morgan fingerprint density at radius 2 is 1.95 bits per heavy atom. The highest BCUT2D eigenvalue weighted by molar-refractivity contribution is 6.02. The number of amides is 1. The molecule has 22 heavy (non-hydrogen) atoms. The Labute approximate surface area is 125 Å². The molecule has 1 unspecified atom stereocenters. The smallest absolute Gasteiger partial charge is 0.454 e. The molecule has 5 nitrogen and oxygen atoms in total. The van der Waals surface area contributed by atoms with Crippen LogP contribution in [0.5, 0.6) is 0 Å². The summed E-state index contributed by atoms with van der Waals surface area (Å²) in [5.41, 5.74) is 0.294. The average molecular weight is 319 g/mol. The van der Waals surface area contributed by atoms with Crippen LogP contribution in [-0.2, 0) is 19.1 Å². The first-order chi connectivity index (χ1) is 10.1. The SMILES string of the molecule is CC(=O)OC1C(=O)C2=C(C[C@@H]1C)N(C(=O)C(F)(F)F)CCC2. The Kier molecular flexibility index (Phi) is 4.30. The lowest BCUT2D eigenvalue weighted by molar-refractivity contribution is -0.184. The Bertz CT molecular complexity index is 553. The van der Waals surface area contributed by atoms with Gasteiger partial charge in [0.2, 0.25) is 5.78 Å². The van der Waals surface area contributed by atoms with Gasteiger partial charge < -0.3 is 9.64 Å². The third kappa shape index (κ3) is 3.00. The number of esters is 1. The predicted octanol–water partition coefficient (Wildman–Crippen LogP) is 1.97. The highest BCUT2D eigenvalue weighted by Crippen LogP contribution is 2.37. The Hall–Kier alpha value is -1.86. The van der Waals surface area contributed by atoms with Crippen LogP contribution in [0.3, 0.4) is 0 Å². The van der Waals surface area contributed by atoms with Gasteiger partial charge in [-0.3, -0.25) is 14.4 Å². The largest absolute Gasteiger partial charge is 0.471 e. The van der Waals surface area contributed by atoms with Crippen LogP contribution in [0.1, 0.15) is 33.1 Å². The van der Waals surface area contributed by atoms with Crippen molar-refractivity contribution < 1.29 is 32.3 Å². The topological polar surface area (TPSA) is 63.7 Å². The zero-order valence-corrected chi connectivity index (χ0v) is 12.2. The molecule has 1 amide bonds. The number of ketones is 1. The molecule has 0 bridgehead atoms. The molecule has 2 atom stereocenters. The van der Waals surface area contributed by atoms with Crippen LogP contribution in [0.2, 0.25) is 0 Å². The van der Waals surface area contributed by atoms with E-state index in [9.17, 15) is 27.6 Å². The van der Waals surface area contributed by atoms with Crippen molar-refractivity contribution in [1.29, 1.82) is 0 Å². The van der Waals surface area contributed by atoms with E-state index in [-0.39, 0.29) is 30.7 Å². The van der Waals surface area contributed by atoms with E-state index in [2.05, 4.69) is 0 Å². The standard InChI is InChI=1S/C14H16F3NO4/c1-7-6-10-9(11(20)12(7)22-8(2)19)4-3-5-18(10)13(21)14(15,16)17/h7,12H,3-6H2,1-2H3/t7-,12?/m0/s1. The molecule has 0 saturated carbocycles. The normalized spacial score (nSPS) is 25.9. The molecule has 122 valence electrons. The zero-order chi connectivity index (χ0) is 16.7. The first-order valence-electron chi connectivity index (χ1n) is 6.95. The van der Waals surface area contributed by atoms with Gasteiger partial charge in [-0.1, -0.05) is 6.92 Å². The highest BCUT2D eigenvalue weighted by atomic mass is 19.4. The Balaban J connectivity index is 2.35. The number of carbonyl (C=O) groups excluding carboxylic acids is 3. The van der Waals surface area contributed by atoms with Crippen molar-refractivity contribution in [3.05, 3.63) is 11.3 Å². The number of hydrogen-bond donors (Lipinski definition) is 0. The van der Waals surface area contributed by atoms with Crippen LogP contribution in [0.4, 0.5) is 13.2 Å². The summed E-state index contributed by atoms with van der Waals surface area (Å²) in [6.45, 7) is 2.72. The number of alkyl halides is 3. The molecule has 1 aliphatic heterocycles. The molecule has 2 aliphatic rings. The molecule has 1 heterocycles. The second-order valence-electron chi connectivity index (χ2n) is 5.56. The summed E-state index contributed by atoms with van der Waals surface area (Å²) >= 11 is 0. The fourth-order valence-electron chi connectivity index (χ4n) is 2.92. The summed E-state index contributed by atoms with van der Waals surface area (Å²) < 4.78 is 43.0. The van der Waals surface area contributed by atoms with E-state index in [1.165, 1.54) is 6.92 Å². The molecule has 0 aromatic carbocycles. The van der Waals surface area contributed by atoms with E-state index < -0.39 is 35.9 Å².